The van der Waals surface area contributed by atoms with Crippen molar-refractivity contribution >= 4 is 18.2 Å². The molecule has 0 spiro atoms. The molecule has 0 amide bonds. The van der Waals surface area contributed by atoms with Gasteiger partial charge in [0.1, 0.15) is 5.82 Å². The summed E-state index contributed by atoms with van der Waals surface area (Å²) >= 11 is 0. The van der Waals surface area contributed by atoms with E-state index < -0.39 is 0 Å². The Morgan fingerprint density at radius 3 is 2.77 bits per heavy atom. The molecule has 1 saturated carbocycles. The van der Waals surface area contributed by atoms with Crippen LogP contribution >= 0.6 is 12.4 Å². The maximum Gasteiger partial charge on any atom is 0.128 e. The van der Waals surface area contributed by atoms with E-state index >= 15 is 0 Å². The monoisotopic (exact) mass is 380 g/mol. The number of rotatable bonds is 4. The Labute approximate surface area is 163 Å². The maximum atomic E-state index is 5.70. The van der Waals surface area contributed by atoms with Crippen LogP contribution in [0.5, 0.6) is 0 Å². The lowest BCUT2D eigenvalue weighted by Crippen LogP contribution is -2.53. The molecule has 2 N–H and O–H groups in total. The van der Waals surface area contributed by atoms with E-state index in [0.717, 1.165) is 50.3 Å². The molecular weight excluding hydrogens is 348 g/mol. The smallest absolute Gasteiger partial charge is 0.128 e. The third kappa shape index (κ3) is 4.69. The highest BCUT2D eigenvalue weighted by Crippen LogP contribution is 2.31. The van der Waals surface area contributed by atoms with Gasteiger partial charge in [0.15, 0.2) is 0 Å². The van der Waals surface area contributed by atoms with Crippen molar-refractivity contribution in [3.05, 3.63) is 23.9 Å². The quantitative estimate of drug-likeness (QED) is 0.840. The molecule has 1 aliphatic carbocycles. The van der Waals surface area contributed by atoms with Crippen molar-refractivity contribution in [3.63, 3.8) is 0 Å². The van der Waals surface area contributed by atoms with Gasteiger partial charge in [-0.3, -0.25) is 0 Å². The van der Waals surface area contributed by atoms with Crippen molar-refractivity contribution < 1.29 is 4.74 Å². The molecule has 2 aliphatic heterocycles. The zero-order valence-electron chi connectivity index (χ0n) is 15.8. The number of hydrogen-bond donors (Lipinski definition) is 2. The Balaban J connectivity index is 0.00000196. The number of hydrogen-bond acceptors (Lipinski definition) is 5. The van der Waals surface area contributed by atoms with Crippen molar-refractivity contribution in [2.24, 2.45) is 5.92 Å². The topological polar surface area (TPSA) is 49.4 Å². The standard InChI is InChI=1S/C20H32N4O.ClH/c1-15-4-2-7-20(22-15)24-11-8-16(9-12-24)23-18-6-3-5-17(18)19-14-25-13-10-21-19;/h2,4,7,16-19,21,23H,3,5-6,8-14H2,1H3;1H. The third-order valence-corrected chi connectivity index (χ3v) is 6.18. The average Bonchev–Trinajstić information content (AvgIpc) is 3.11. The van der Waals surface area contributed by atoms with Crippen molar-refractivity contribution in [1.29, 1.82) is 0 Å². The van der Waals surface area contributed by atoms with E-state index in [9.17, 15) is 0 Å². The number of halogens is 1. The molecule has 4 rings (SSSR count). The highest BCUT2D eigenvalue weighted by molar-refractivity contribution is 5.85. The number of pyridine rings is 1. The van der Waals surface area contributed by atoms with Crippen LogP contribution < -0.4 is 15.5 Å². The number of morpholine rings is 1. The molecule has 3 heterocycles. The van der Waals surface area contributed by atoms with Gasteiger partial charge in [0.2, 0.25) is 0 Å². The second-order valence-corrected chi connectivity index (χ2v) is 7.90. The van der Waals surface area contributed by atoms with Crippen molar-refractivity contribution in [2.75, 3.05) is 37.7 Å². The summed E-state index contributed by atoms with van der Waals surface area (Å²) in [7, 11) is 0. The van der Waals surface area contributed by atoms with Gasteiger partial charge in [0, 0.05) is 43.5 Å². The Hall–Kier alpha value is -0.880. The number of ether oxygens (including phenoxy) is 1. The van der Waals surface area contributed by atoms with Crippen molar-refractivity contribution in [1.82, 2.24) is 15.6 Å². The average molecular weight is 381 g/mol. The number of piperidine rings is 1. The van der Waals surface area contributed by atoms with Crippen LogP contribution in [0.3, 0.4) is 0 Å². The zero-order valence-corrected chi connectivity index (χ0v) is 16.6. The highest BCUT2D eigenvalue weighted by atomic mass is 35.5. The molecule has 5 nitrogen and oxygen atoms in total. The van der Waals surface area contributed by atoms with Gasteiger partial charge in [-0.1, -0.05) is 12.5 Å². The minimum atomic E-state index is 0. The number of aromatic nitrogens is 1. The Morgan fingerprint density at radius 2 is 2.04 bits per heavy atom. The number of nitrogens with zero attached hydrogens (tertiary/aromatic N) is 2. The molecule has 1 aromatic heterocycles. The third-order valence-electron chi connectivity index (χ3n) is 6.18. The van der Waals surface area contributed by atoms with Crippen LogP contribution in [0.15, 0.2) is 18.2 Å². The van der Waals surface area contributed by atoms with Gasteiger partial charge in [0.05, 0.1) is 13.2 Å². The van der Waals surface area contributed by atoms with Gasteiger partial charge in [-0.2, -0.15) is 0 Å². The molecular formula is C20H33ClN4O. The van der Waals surface area contributed by atoms with E-state index in [-0.39, 0.29) is 12.4 Å². The maximum absolute atomic E-state index is 5.70. The fraction of sp³-hybridized carbons (Fsp3) is 0.750. The van der Waals surface area contributed by atoms with E-state index in [1.165, 1.54) is 32.1 Å². The first-order chi connectivity index (χ1) is 12.3. The van der Waals surface area contributed by atoms with Gasteiger partial charge in [-0.05, 0) is 50.7 Å². The highest BCUT2D eigenvalue weighted by Gasteiger charge is 2.36. The first-order valence-corrected chi connectivity index (χ1v) is 10.1. The molecule has 3 atom stereocenters. The minimum Gasteiger partial charge on any atom is -0.379 e. The number of nitrogens with one attached hydrogen (secondary N) is 2. The lowest BCUT2D eigenvalue weighted by Gasteiger charge is -2.38. The van der Waals surface area contributed by atoms with Crippen LogP contribution in [0.2, 0.25) is 0 Å². The second kappa shape index (κ2) is 9.36. The zero-order chi connectivity index (χ0) is 17.1. The van der Waals surface area contributed by atoms with Crippen LogP contribution in [-0.2, 0) is 4.74 Å². The Bertz CT molecular complexity index is 558. The molecule has 1 aromatic rings. The normalized spacial score (nSPS) is 30.2. The van der Waals surface area contributed by atoms with Crippen molar-refractivity contribution in [2.45, 2.75) is 57.2 Å². The van der Waals surface area contributed by atoms with Crippen molar-refractivity contribution in [3.8, 4) is 0 Å². The largest absolute Gasteiger partial charge is 0.379 e. The summed E-state index contributed by atoms with van der Waals surface area (Å²) < 4.78 is 5.70. The van der Waals surface area contributed by atoms with E-state index in [0.29, 0.717) is 18.1 Å². The van der Waals surface area contributed by atoms with Crippen LogP contribution in [0.25, 0.3) is 0 Å². The summed E-state index contributed by atoms with van der Waals surface area (Å²) in [6, 6.07) is 8.18. The second-order valence-electron chi connectivity index (χ2n) is 7.90. The molecule has 3 unspecified atom stereocenters. The fourth-order valence-electron chi connectivity index (χ4n) is 4.82. The van der Waals surface area contributed by atoms with Gasteiger partial charge in [0.25, 0.3) is 0 Å². The number of anilines is 1. The molecule has 6 heteroatoms. The Kier molecular flexibility index (Phi) is 7.15. The van der Waals surface area contributed by atoms with Crippen LogP contribution in [0.1, 0.15) is 37.8 Å². The minimum absolute atomic E-state index is 0. The first kappa shape index (κ1) is 19.9. The number of aryl methyl sites for hydroxylation is 1. The lowest BCUT2D eigenvalue weighted by atomic mass is 9.92. The first-order valence-electron chi connectivity index (χ1n) is 10.1. The van der Waals surface area contributed by atoms with Crippen LogP contribution in [0.4, 0.5) is 5.82 Å². The van der Waals surface area contributed by atoms with Crippen LogP contribution in [0, 0.1) is 12.8 Å². The summed E-state index contributed by atoms with van der Waals surface area (Å²) in [5.41, 5.74) is 1.11. The molecule has 0 bridgehead atoms. The fourth-order valence-corrected chi connectivity index (χ4v) is 4.82. The summed E-state index contributed by atoms with van der Waals surface area (Å²) in [6.45, 7) is 7.05. The Morgan fingerprint density at radius 1 is 1.19 bits per heavy atom. The summed E-state index contributed by atoms with van der Waals surface area (Å²) in [4.78, 5) is 7.12. The SMILES string of the molecule is Cc1cccc(N2CCC(NC3CCCC3C3COCCN3)CC2)n1.Cl. The molecule has 0 radical (unpaired) electrons. The molecule has 3 aliphatic rings. The van der Waals surface area contributed by atoms with E-state index in [4.69, 9.17) is 4.74 Å². The molecule has 3 fully saturated rings. The summed E-state index contributed by atoms with van der Waals surface area (Å²) in [5.74, 6) is 1.87. The molecule has 0 aromatic carbocycles. The van der Waals surface area contributed by atoms with Gasteiger partial charge < -0.3 is 20.3 Å². The summed E-state index contributed by atoms with van der Waals surface area (Å²) in [5, 5.41) is 7.69. The molecule has 2 saturated heterocycles. The summed E-state index contributed by atoms with van der Waals surface area (Å²) in [6.07, 6.45) is 6.45. The van der Waals surface area contributed by atoms with Crippen LogP contribution in [-0.4, -0.2) is 56.0 Å². The molecule has 26 heavy (non-hydrogen) atoms. The van der Waals surface area contributed by atoms with E-state index in [1.54, 1.807) is 0 Å². The van der Waals surface area contributed by atoms with Gasteiger partial charge >= 0.3 is 0 Å². The lowest BCUT2D eigenvalue weighted by molar-refractivity contribution is 0.0514. The predicted octanol–water partition coefficient (Wildman–Crippen LogP) is 2.53. The molecule has 146 valence electrons. The van der Waals surface area contributed by atoms with Gasteiger partial charge in [-0.15, -0.1) is 12.4 Å². The van der Waals surface area contributed by atoms with E-state index in [1.807, 2.05) is 0 Å². The predicted molar refractivity (Wildman–Crippen MR) is 108 cm³/mol. The van der Waals surface area contributed by atoms with E-state index in [2.05, 4.69) is 45.6 Å². The van der Waals surface area contributed by atoms with Gasteiger partial charge in [-0.25, -0.2) is 4.98 Å².